The molecule has 0 saturated carbocycles. The highest BCUT2D eigenvalue weighted by Gasteiger charge is 2.35. The van der Waals surface area contributed by atoms with Gasteiger partial charge in [-0.3, -0.25) is 14.7 Å². The van der Waals surface area contributed by atoms with Crippen molar-refractivity contribution >= 4 is 23.3 Å². The van der Waals surface area contributed by atoms with Crippen molar-refractivity contribution in [3.63, 3.8) is 0 Å². The van der Waals surface area contributed by atoms with Crippen molar-refractivity contribution in [1.82, 2.24) is 20.4 Å². The molecule has 0 unspecified atom stereocenters. The molecule has 0 aliphatic carbocycles. The summed E-state index contributed by atoms with van der Waals surface area (Å²) < 4.78 is 11.4. The first-order valence-corrected chi connectivity index (χ1v) is 10.5. The van der Waals surface area contributed by atoms with Crippen molar-refractivity contribution in [2.45, 2.75) is 37.8 Å². The molecule has 4 fully saturated rings. The van der Waals surface area contributed by atoms with E-state index in [1.54, 1.807) is 0 Å². The molecule has 1 atom stereocenters. The molecule has 3 N–H and O–H groups in total. The van der Waals surface area contributed by atoms with Crippen LogP contribution in [0, 0.1) is 5.92 Å². The van der Waals surface area contributed by atoms with Crippen LogP contribution in [0.15, 0.2) is 18.2 Å². The first-order chi connectivity index (χ1) is 14.7. The van der Waals surface area contributed by atoms with Crippen molar-refractivity contribution in [2.24, 2.45) is 5.92 Å². The van der Waals surface area contributed by atoms with Gasteiger partial charge in [0.25, 0.3) is 12.4 Å². The molecule has 6 rings (SSSR count). The van der Waals surface area contributed by atoms with E-state index in [2.05, 4.69) is 20.4 Å². The van der Waals surface area contributed by atoms with Gasteiger partial charge in [0.05, 0.1) is 18.7 Å². The molecular weight excluding hydrogens is 388 g/mol. The smallest absolute Gasteiger partial charge is 0.290 e. The van der Waals surface area contributed by atoms with Crippen LogP contribution in [0.4, 0.5) is 0 Å². The minimum absolute atomic E-state index is 0.0851. The summed E-state index contributed by atoms with van der Waals surface area (Å²) >= 11 is 0. The molecule has 2 bridgehead atoms. The molecule has 4 saturated heterocycles. The second-order valence-corrected chi connectivity index (χ2v) is 8.03. The van der Waals surface area contributed by atoms with Crippen LogP contribution >= 0.6 is 0 Å². The van der Waals surface area contributed by atoms with Gasteiger partial charge in [-0.25, -0.2) is 0 Å². The minimum Gasteiger partial charge on any atom is -0.490 e. The average molecular weight is 416 g/mol. The van der Waals surface area contributed by atoms with Crippen LogP contribution in [-0.4, -0.2) is 77.6 Å². The molecule has 30 heavy (non-hydrogen) atoms. The lowest BCUT2D eigenvalue weighted by Crippen LogP contribution is -2.57. The van der Waals surface area contributed by atoms with Gasteiger partial charge >= 0.3 is 0 Å². The minimum atomic E-state index is -0.250. The molecule has 162 valence electrons. The summed E-state index contributed by atoms with van der Waals surface area (Å²) in [7, 11) is 0. The highest BCUT2D eigenvalue weighted by Crippen LogP contribution is 2.28. The third-order valence-corrected chi connectivity index (χ3v) is 6.19. The SMILES string of the molecule is O=C(N[C@@H]1CN2CCC1CC2)c1n[nH]c2cc(OC3CCOCC3)ccc12.O=CO. The first-order valence-electron chi connectivity index (χ1n) is 10.5. The lowest BCUT2D eigenvalue weighted by Gasteiger charge is -2.44. The molecule has 4 aliphatic heterocycles. The fourth-order valence-corrected chi connectivity index (χ4v) is 4.60. The lowest BCUT2D eigenvalue weighted by molar-refractivity contribution is -0.122. The molecule has 9 heteroatoms. The Labute approximate surface area is 174 Å². The number of carboxylic acid groups (broad SMARTS) is 1. The van der Waals surface area contributed by atoms with Crippen LogP contribution < -0.4 is 10.1 Å². The monoisotopic (exact) mass is 416 g/mol. The standard InChI is InChI=1S/C20H26N4O3.CH2O2/c25-20(21-18-12-24-7-3-13(18)4-8-24)19-16-2-1-15(11-17(16)22-23-19)27-14-5-9-26-10-6-14;2-1-3/h1-2,11,13-14,18H,3-10,12H2,(H,21,25)(H,22,23);1H,(H,2,3)/t18-;/m1./s1. The number of carbonyl (C=O) groups excluding carboxylic acids is 1. The average Bonchev–Trinajstić information content (AvgIpc) is 3.19. The molecule has 4 aliphatic rings. The zero-order valence-corrected chi connectivity index (χ0v) is 16.9. The van der Waals surface area contributed by atoms with E-state index in [-0.39, 0.29) is 24.5 Å². The fourth-order valence-electron chi connectivity index (χ4n) is 4.60. The summed E-state index contributed by atoms with van der Waals surface area (Å²) in [5.41, 5.74) is 1.30. The van der Waals surface area contributed by atoms with E-state index in [1.807, 2.05) is 18.2 Å². The van der Waals surface area contributed by atoms with Gasteiger partial charge in [-0.15, -0.1) is 0 Å². The fraction of sp³-hybridized carbons (Fsp3) is 0.571. The highest BCUT2D eigenvalue weighted by molar-refractivity contribution is 6.05. The van der Waals surface area contributed by atoms with E-state index in [1.165, 1.54) is 12.8 Å². The van der Waals surface area contributed by atoms with Crippen LogP contribution in [0.1, 0.15) is 36.2 Å². The number of rotatable bonds is 4. The topological polar surface area (TPSA) is 117 Å². The van der Waals surface area contributed by atoms with E-state index in [4.69, 9.17) is 19.4 Å². The number of hydrogen-bond acceptors (Lipinski definition) is 6. The third-order valence-electron chi connectivity index (χ3n) is 6.19. The predicted octanol–water partition coefficient (Wildman–Crippen LogP) is 1.65. The molecule has 1 aromatic heterocycles. The molecule has 1 amide bonds. The predicted molar refractivity (Wildman–Crippen MR) is 110 cm³/mol. The molecule has 0 radical (unpaired) electrons. The maximum atomic E-state index is 12.8. The Morgan fingerprint density at radius 2 is 2.00 bits per heavy atom. The number of nitrogens with zero attached hydrogens (tertiary/aromatic N) is 2. The van der Waals surface area contributed by atoms with E-state index >= 15 is 0 Å². The normalized spacial score (nSPS) is 25.9. The number of ether oxygens (including phenoxy) is 2. The number of benzene rings is 1. The van der Waals surface area contributed by atoms with Gasteiger partial charge < -0.3 is 24.8 Å². The summed E-state index contributed by atoms with van der Waals surface area (Å²) in [5, 5.41) is 18.2. The number of aromatic amines is 1. The second-order valence-electron chi connectivity index (χ2n) is 8.03. The van der Waals surface area contributed by atoms with Crippen molar-refractivity contribution in [3.05, 3.63) is 23.9 Å². The van der Waals surface area contributed by atoms with Gasteiger partial charge in [0.2, 0.25) is 0 Å². The van der Waals surface area contributed by atoms with Crippen molar-refractivity contribution in [3.8, 4) is 5.75 Å². The maximum Gasteiger partial charge on any atom is 0.290 e. The van der Waals surface area contributed by atoms with Crippen LogP contribution in [0.25, 0.3) is 10.9 Å². The van der Waals surface area contributed by atoms with E-state index < -0.39 is 0 Å². The number of H-pyrrole nitrogens is 1. The van der Waals surface area contributed by atoms with Crippen LogP contribution in [0.3, 0.4) is 0 Å². The van der Waals surface area contributed by atoms with Gasteiger partial charge in [0.1, 0.15) is 11.9 Å². The van der Waals surface area contributed by atoms with E-state index in [0.717, 1.165) is 62.3 Å². The quantitative estimate of drug-likeness (QED) is 0.649. The van der Waals surface area contributed by atoms with E-state index in [0.29, 0.717) is 11.6 Å². The summed E-state index contributed by atoms with van der Waals surface area (Å²) in [6.45, 7) is 4.54. The zero-order chi connectivity index (χ0) is 20.9. The Morgan fingerprint density at radius 3 is 2.67 bits per heavy atom. The van der Waals surface area contributed by atoms with Crippen LogP contribution in [0.5, 0.6) is 5.75 Å². The third kappa shape index (κ3) is 4.57. The molecule has 5 heterocycles. The summed E-state index contributed by atoms with van der Waals surface area (Å²) in [6, 6.07) is 6.03. The number of fused-ring (bicyclic) bond motifs is 4. The Morgan fingerprint density at radius 1 is 1.27 bits per heavy atom. The molecular formula is C21H28N4O5. The van der Waals surface area contributed by atoms with Gasteiger partial charge in [0, 0.05) is 36.9 Å². The largest absolute Gasteiger partial charge is 0.490 e. The first kappa shape index (κ1) is 20.6. The molecule has 1 aromatic carbocycles. The van der Waals surface area contributed by atoms with Gasteiger partial charge in [0.15, 0.2) is 5.69 Å². The van der Waals surface area contributed by atoms with E-state index in [9.17, 15) is 4.79 Å². The molecule has 9 nitrogen and oxygen atoms in total. The number of piperidine rings is 3. The second kappa shape index (κ2) is 9.44. The summed E-state index contributed by atoms with van der Waals surface area (Å²) in [4.78, 5) is 23.6. The Bertz CT molecular complexity index is 871. The summed E-state index contributed by atoms with van der Waals surface area (Å²) in [6.07, 6.45) is 4.37. The maximum absolute atomic E-state index is 12.8. The Balaban J connectivity index is 0.000000687. The van der Waals surface area contributed by atoms with Gasteiger partial charge in [-0.2, -0.15) is 5.10 Å². The zero-order valence-electron chi connectivity index (χ0n) is 16.9. The van der Waals surface area contributed by atoms with Crippen molar-refractivity contribution < 1.29 is 24.2 Å². The van der Waals surface area contributed by atoms with Crippen molar-refractivity contribution in [2.75, 3.05) is 32.8 Å². The Hall–Kier alpha value is -2.65. The number of hydrogen-bond donors (Lipinski definition) is 3. The number of amides is 1. The highest BCUT2D eigenvalue weighted by atomic mass is 16.5. The van der Waals surface area contributed by atoms with Crippen LogP contribution in [-0.2, 0) is 9.53 Å². The molecule has 0 spiro atoms. The Kier molecular flexibility index (Phi) is 6.49. The van der Waals surface area contributed by atoms with Crippen molar-refractivity contribution in [1.29, 1.82) is 0 Å². The molecule has 2 aromatic rings. The summed E-state index contributed by atoms with van der Waals surface area (Å²) in [5.74, 6) is 1.32. The van der Waals surface area contributed by atoms with Gasteiger partial charge in [-0.05, 0) is 44.0 Å². The lowest BCUT2D eigenvalue weighted by atomic mass is 9.84. The number of carbonyl (C=O) groups is 2. The number of aromatic nitrogens is 2. The van der Waals surface area contributed by atoms with Crippen LogP contribution in [0.2, 0.25) is 0 Å². The van der Waals surface area contributed by atoms with Gasteiger partial charge in [-0.1, -0.05) is 0 Å². The number of nitrogens with one attached hydrogen (secondary N) is 2.